The fraction of sp³-hybridized carbons (Fsp3) is 0.308. The summed E-state index contributed by atoms with van der Waals surface area (Å²) in [5.41, 5.74) is 0.467. The third-order valence-electron chi connectivity index (χ3n) is 5.73. The lowest BCUT2D eigenvalue weighted by molar-refractivity contribution is -0.137. The molecule has 0 radical (unpaired) electrons. The van der Waals surface area contributed by atoms with E-state index in [1.807, 2.05) is 0 Å². The predicted molar refractivity (Wildman–Crippen MR) is 143 cm³/mol. The maximum atomic E-state index is 13.3. The Hall–Kier alpha value is -4.63. The molecule has 1 aliphatic heterocycles. The lowest BCUT2D eigenvalue weighted by Gasteiger charge is -2.17. The number of halogens is 3. The van der Waals surface area contributed by atoms with Gasteiger partial charge in [-0.25, -0.2) is 4.98 Å². The standard InChI is InChI=1S/C26H26F3N7O5/c1-15(37)32-19-12-16(26(27,28)29)2-4-18(19)34-24-22-23(31-14-30-22)35-25(36-24)33-17-3-5-20-21(13-17)41-11-9-39-7-6-38-8-10-40-20/h2-5,12-14H,6-11H2,1H3,(H,32,37)(H3,30,31,33,34,35,36). The van der Waals surface area contributed by atoms with Gasteiger partial charge in [0.15, 0.2) is 28.5 Å². The quantitative estimate of drug-likeness (QED) is 0.267. The van der Waals surface area contributed by atoms with Crippen molar-refractivity contribution in [2.75, 3.05) is 55.6 Å². The minimum absolute atomic E-state index is 0.0736. The molecule has 2 aromatic heterocycles. The predicted octanol–water partition coefficient (Wildman–Crippen LogP) is 4.62. The number of carbonyl (C=O) groups excluding carboxylic acids is 1. The molecule has 4 aromatic rings. The third kappa shape index (κ3) is 7.12. The molecule has 216 valence electrons. The van der Waals surface area contributed by atoms with Gasteiger partial charge in [0.1, 0.15) is 13.2 Å². The Kier molecular flexibility index (Phi) is 8.35. The fourth-order valence-electron chi connectivity index (χ4n) is 3.92. The van der Waals surface area contributed by atoms with Crippen molar-refractivity contribution in [3.8, 4) is 11.5 Å². The number of aromatic amines is 1. The van der Waals surface area contributed by atoms with Crippen LogP contribution in [0, 0.1) is 0 Å². The van der Waals surface area contributed by atoms with Gasteiger partial charge in [0.2, 0.25) is 11.9 Å². The molecule has 0 bridgehead atoms. The van der Waals surface area contributed by atoms with Gasteiger partial charge in [-0.1, -0.05) is 0 Å². The van der Waals surface area contributed by atoms with E-state index < -0.39 is 17.6 Å². The molecule has 1 amide bonds. The van der Waals surface area contributed by atoms with Gasteiger partial charge < -0.3 is 39.9 Å². The topological polar surface area (TPSA) is 145 Å². The van der Waals surface area contributed by atoms with Crippen molar-refractivity contribution in [2.45, 2.75) is 13.1 Å². The van der Waals surface area contributed by atoms with E-state index in [4.69, 9.17) is 18.9 Å². The first kappa shape index (κ1) is 27.9. The molecule has 0 saturated carbocycles. The molecule has 0 spiro atoms. The first-order valence-corrected chi connectivity index (χ1v) is 12.6. The lowest BCUT2D eigenvalue weighted by atomic mass is 10.1. The molecular weight excluding hydrogens is 547 g/mol. The summed E-state index contributed by atoms with van der Waals surface area (Å²) < 4.78 is 62.5. The normalized spacial score (nSPS) is 14.5. The number of aromatic nitrogens is 4. The van der Waals surface area contributed by atoms with Crippen LogP contribution in [0.1, 0.15) is 12.5 Å². The Morgan fingerprint density at radius 1 is 0.878 bits per heavy atom. The Labute approximate surface area is 231 Å². The molecule has 12 nitrogen and oxygen atoms in total. The first-order chi connectivity index (χ1) is 19.8. The largest absolute Gasteiger partial charge is 0.487 e. The van der Waals surface area contributed by atoms with Gasteiger partial charge in [0.05, 0.1) is 49.7 Å². The van der Waals surface area contributed by atoms with Gasteiger partial charge in [0, 0.05) is 18.7 Å². The van der Waals surface area contributed by atoms with Crippen LogP contribution in [-0.4, -0.2) is 65.5 Å². The Bertz CT molecular complexity index is 1530. The smallest absolute Gasteiger partial charge is 0.416 e. The average molecular weight is 574 g/mol. The van der Waals surface area contributed by atoms with E-state index in [1.54, 1.807) is 18.2 Å². The summed E-state index contributed by atoms with van der Waals surface area (Å²) in [7, 11) is 0. The monoisotopic (exact) mass is 573 g/mol. The lowest BCUT2D eigenvalue weighted by Crippen LogP contribution is -2.15. The van der Waals surface area contributed by atoms with E-state index in [-0.39, 0.29) is 23.1 Å². The number of alkyl halides is 3. The highest BCUT2D eigenvalue weighted by molar-refractivity contribution is 5.95. The molecular formula is C26H26F3N7O5. The van der Waals surface area contributed by atoms with Gasteiger partial charge in [0.25, 0.3) is 0 Å². The SMILES string of the molecule is CC(=O)Nc1cc(C(F)(F)F)ccc1Nc1nc(Nc2ccc3c(c2)OCCOCCOCCO3)nc2[nH]cnc12. The zero-order valence-corrected chi connectivity index (χ0v) is 21.8. The number of amides is 1. The van der Waals surface area contributed by atoms with Gasteiger partial charge >= 0.3 is 6.18 Å². The minimum Gasteiger partial charge on any atom is -0.487 e. The third-order valence-corrected chi connectivity index (χ3v) is 5.73. The van der Waals surface area contributed by atoms with Crippen molar-refractivity contribution in [1.82, 2.24) is 19.9 Å². The van der Waals surface area contributed by atoms with E-state index in [0.29, 0.717) is 68.0 Å². The number of anilines is 5. The fourth-order valence-corrected chi connectivity index (χ4v) is 3.92. The summed E-state index contributed by atoms with van der Waals surface area (Å²) in [5.74, 6) is 0.810. The van der Waals surface area contributed by atoms with E-state index in [2.05, 4.69) is 35.9 Å². The summed E-state index contributed by atoms with van der Waals surface area (Å²) in [6.45, 7) is 3.55. The first-order valence-electron chi connectivity index (χ1n) is 12.6. The molecule has 5 rings (SSSR count). The van der Waals surface area contributed by atoms with E-state index in [1.165, 1.54) is 19.3 Å². The number of benzene rings is 2. The molecule has 0 unspecified atom stereocenters. The van der Waals surface area contributed by atoms with Crippen molar-refractivity contribution in [1.29, 1.82) is 0 Å². The van der Waals surface area contributed by atoms with E-state index >= 15 is 0 Å². The Morgan fingerprint density at radius 2 is 1.61 bits per heavy atom. The number of H-pyrrole nitrogens is 1. The summed E-state index contributed by atoms with van der Waals surface area (Å²) in [4.78, 5) is 27.8. The van der Waals surface area contributed by atoms with Crippen molar-refractivity contribution >= 4 is 45.9 Å². The molecule has 3 heterocycles. The average Bonchev–Trinajstić information content (AvgIpc) is 3.39. The van der Waals surface area contributed by atoms with Crippen LogP contribution in [0.3, 0.4) is 0 Å². The van der Waals surface area contributed by atoms with Crippen LogP contribution in [-0.2, 0) is 20.4 Å². The second-order valence-electron chi connectivity index (χ2n) is 8.77. The maximum Gasteiger partial charge on any atom is 0.416 e. The highest BCUT2D eigenvalue weighted by Gasteiger charge is 2.31. The molecule has 0 saturated heterocycles. The number of hydrogen-bond donors (Lipinski definition) is 4. The van der Waals surface area contributed by atoms with Gasteiger partial charge in [-0.3, -0.25) is 4.79 Å². The highest BCUT2D eigenvalue weighted by atomic mass is 19.4. The number of hydrogen-bond acceptors (Lipinski definition) is 10. The van der Waals surface area contributed by atoms with Gasteiger partial charge in [-0.05, 0) is 30.3 Å². The number of carbonyl (C=O) groups is 1. The Balaban J connectivity index is 1.43. The maximum absolute atomic E-state index is 13.3. The van der Waals surface area contributed by atoms with Crippen molar-refractivity contribution < 1.29 is 36.9 Å². The number of nitrogens with zero attached hydrogens (tertiary/aromatic N) is 3. The summed E-state index contributed by atoms with van der Waals surface area (Å²) in [6, 6.07) is 8.17. The van der Waals surface area contributed by atoms with Crippen LogP contribution < -0.4 is 25.4 Å². The number of ether oxygens (including phenoxy) is 4. The van der Waals surface area contributed by atoms with Gasteiger partial charge in [-0.2, -0.15) is 23.1 Å². The molecule has 0 atom stereocenters. The number of rotatable bonds is 5. The number of imidazole rings is 1. The summed E-state index contributed by atoms with van der Waals surface area (Å²) in [6.07, 6.45) is -3.18. The molecule has 0 fully saturated rings. The van der Waals surface area contributed by atoms with Crippen LogP contribution in [0.25, 0.3) is 11.2 Å². The zero-order chi connectivity index (χ0) is 28.8. The summed E-state index contributed by atoms with van der Waals surface area (Å²) >= 11 is 0. The van der Waals surface area contributed by atoms with Crippen LogP contribution >= 0.6 is 0 Å². The zero-order valence-electron chi connectivity index (χ0n) is 21.8. The van der Waals surface area contributed by atoms with Crippen molar-refractivity contribution in [3.05, 3.63) is 48.3 Å². The van der Waals surface area contributed by atoms with Crippen LogP contribution in [0.15, 0.2) is 42.7 Å². The van der Waals surface area contributed by atoms with Crippen LogP contribution in [0.5, 0.6) is 11.5 Å². The van der Waals surface area contributed by atoms with Gasteiger partial charge in [-0.15, -0.1) is 0 Å². The molecule has 0 aliphatic carbocycles. The second-order valence-corrected chi connectivity index (χ2v) is 8.77. The molecule has 1 aliphatic rings. The molecule has 2 aromatic carbocycles. The Morgan fingerprint density at radius 3 is 2.34 bits per heavy atom. The number of fused-ring (bicyclic) bond motifs is 2. The van der Waals surface area contributed by atoms with Crippen LogP contribution in [0.2, 0.25) is 0 Å². The van der Waals surface area contributed by atoms with Crippen molar-refractivity contribution in [2.24, 2.45) is 0 Å². The second kappa shape index (κ2) is 12.3. The molecule has 15 heteroatoms. The van der Waals surface area contributed by atoms with E-state index in [9.17, 15) is 18.0 Å². The number of nitrogens with one attached hydrogen (secondary N) is 4. The highest BCUT2D eigenvalue weighted by Crippen LogP contribution is 2.36. The minimum atomic E-state index is -4.59. The van der Waals surface area contributed by atoms with Crippen LogP contribution in [0.4, 0.5) is 42.0 Å². The van der Waals surface area contributed by atoms with E-state index in [0.717, 1.165) is 12.1 Å². The molecule has 41 heavy (non-hydrogen) atoms. The summed E-state index contributed by atoms with van der Waals surface area (Å²) in [5, 5.41) is 8.50. The molecule has 4 N–H and O–H groups in total. The van der Waals surface area contributed by atoms with Crippen molar-refractivity contribution in [3.63, 3.8) is 0 Å².